The number of carbonyl (C=O) groups is 2. The maximum Gasteiger partial charge on any atom is 0.346 e. The molecule has 21 heavy (non-hydrogen) atoms. The molecule has 2 atom stereocenters. The van der Waals surface area contributed by atoms with E-state index in [0.717, 1.165) is 17.8 Å². The van der Waals surface area contributed by atoms with Gasteiger partial charge >= 0.3 is 5.97 Å². The molecule has 0 radical (unpaired) electrons. The largest absolute Gasteiger partial charge is 0.484 e. The van der Waals surface area contributed by atoms with Crippen molar-refractivity contribution in [2.24, 2.45) is 0 Å². The van der Waals surface area contributed by atoms with E-state index in [1.807, 2.05) is 0 Å². The number of carboxylic acids is 1. The number of aliphatic hydroxyl groups excluding tert-OH is 1. The van der Waals surface area contributed by atoms with Crippen LogP contribution in [0.1, 0.15) is 47.3 Å². The van der Waals surface area contributed by atoms with Gasteiger partial charge in [-0.3, -0.25) is 4.79 Å². The lowest BCUT2D eigenvalue weighted by atomic mass is 9.90. The maximum absolute atomic E-state index is 12.0. The Morgan fingerprint density at radius 3 is 2.81 bits per heavy atom. The first kappa shape index (κ1) is 14.3. The molecule has 1 aromatic rings. The van der Waals surface area contributed by atoms with Crippen molar-refractivity contribution in [3.05, 3.63) is 15.8 Å². The fourth-order valence-corrected chi connectivity index (χ4v) is 3.99. The summed E-state index contributed by atoms with van der Waals surface area (Å²) in [5, 5.41) is 19.8. The zero-order chi connectivity index (χ0) is 15.4. The number of rotatable bonds is 2. The summed E-state index contributed by atoms with van der Waals surface area (Å²) < 4.78 is 5.75. The summed E-state index contributed by atoms with van der Waals surface area (Å²) in [5.41, 5.74) is -0.878. The Morgan fingerprint density at radius 1 is 1.52 bits per heavy atom. The van der Waals surface area contributed by atoms with Gasteiger partial charge in [0.05, 0.1) is 10.9 Å². The van der Waals surface area contributed by atoms with Crippen molar-refractivity contribution < 1.29 is 24.5 Å². The Bertz CT molecular complexity index is 609. The molecule has 2 aliphatic heterocycles. The highest BCUT2D eigenvalue weighted by Gasteiger charge is 2.48. The smallest absolute Gasteiger partial charge is 0.346 e. The molecular formula is C14H17NO5S. The van der Waals surface area contributed by atoms with Crippen molar-refractivity contribution >= 4 is 23.2 Å². The van der Waals surface area contributed by atoms with Crippen LogP contribution >= 0.6 is 11.3 Å². The summed E-state index contributed by atoms with van der Waals surface area (Å²) in [4.78, 5) is 25.6. The van der Waals surface area contributed by atoms with Gasteiger partial charge in [-0.2, -0.15) is 0 Å². The number of hydrogen-bond donors (Lipinski definition) is 2. The maximum atomic E-state index is 12.0. The fourth-order valence-electron chi connectivity index (χ4n) is 2.92. The number of amides is 1. The second kappa shape index (κ2) is 4.71. The highest BCUT2D eigenvalue weighted by molar-refractivity contribution is 7.14. The molecule has 3 heterocycles. The second-order valence-corrected chi connectivity index (χ2v) is 7.01. The molecule has 1 saturated heterocycles. The van der Waals surface area contributed by atoms with Crippen LogP contribution in [0.25, 0.3) is 0 Å². The highest BCUT2D eigenvalue weighted by Crippen LogP contribution is 2.48. The molecule has 6 nitrogen and oxygen atoms in total. The standard InChI is InChI=1S/C14H17NO5S/c1-14(2)12(17)10(15-5-3-4-9(15)16)11-7(20-14)6-8(21-11)13(18)19/h6,10,12,17H,3-5H2,1-2H3,(H,18,19)/t10-,12+/m1/s1. The Kier molecular flexibility index (Phi) is 3.22. The molecule has 114 valence electrons. The fraction of sp³-hybridized carbons (Fsp3) is 0.571. The van der Waals surface area contributed by atoms with Gasteiger partial charge in [0.15, 0.2) is 0 Å². The lowest BCUT2D eigenvalue weighted by molar-refractivity contribution is -0.139. The normalized spacial score (nSPS) is 27.4. The van der Waals surface area contributed by atoms with Gasteiger partial charge in [-0.1, -0.05) is 0 Å². The molecule has 0 unspecified atom stereocenters. The van der Waals surface area contributed by atoms with E-state index in [-0.39, 0.29) is 10.8 Å². The van der Waals surface area contributed by atoms with E-state index in [0.29, 0.717) is 23.6 Å². The van der Waals surface area contributed by atoms with Crippen LogP contribution in [0.3, 0.4) is 0 Å². The number of aliphatic hydroxyl groups is 1. The van der Waals surface area contributed by atoms with Gasteiger partial charge in [-0.15, -0.1) is 11.3 Å². The van der Waals surface area contributed by atoms with Gasteiger partial charge in [-0.05, 0) is 20.3 Å². The summed E-state index contributed by atoms with van der Waals surface area (Å²) in [6.45, 7) is 4.06. The third kappa shape index (κ3) is 2.20. The van der Waals surface area contributed by atoms with Crippen LogP contribution in [-0.4, -0.2) is 45.2 Å². The molecule has 0 aliphatic carbocycles. The quantitative estimate of drug-likeness (QED) is 0.867. The van der Waals surface area contributed by atoms with Crippen molar-refractivity contribution in [1.82, 2.24) is 4.90 Å². The SMILES string of the molecule is CC1(C)Oc2cc(C(=O)O)sc2[C@@H](N2CCCC2=O)[C@@H]1O. The predicted molar refractivity (Wildman–Crippen MR) is 75.7 cm³/mol. The van der Waals surface area contributed by atoms with Crippen LogP contribution in [0.15, 0.2) is 6.07 Å². The van der Waals surface area contributed by atoms with Crippen molar-refractivity contribution in [2.75, 3.05) is 6.54 Å². The van der Waals surface area contributed by atoms with E-state index in [2.05, 4.69) is 0 Å². The van der Waals surface area contributed by atoms with Crippen molar-refractivity contribution in [2.45, 2.75) is 44.4 Å². The number of likely N-dealkylation sites (tertiary alicyclic amines) is 1. The number of carbonyl (C=O) groups excluding carboxylic acids is 1. The molecule has 1 amide bonds. The molecule has 2 aliphatic rings. The Morgan fingerprint density at radius 2 is 2.24 bits per heavy atom. The molecule has 0 spiro atoms. The molecule has 7 heteroatoms. The Hall–Kier alpha value is -1.60. The molecule has 3 rings (SSSR count). The monoisotopic (exact) mass is 311 g/mol. The number of aromatic carboxylic acids is 1. The van der Waals surface area contributed by atoms with Crippen LogP contribution in [0, 0.1) is 0 Å². The number of carboxylic acid groups (broad SMARTS) is 1. The number of ether oxygens (including phenoxy) is 1. The molecule has 2 N–H and O–H groups in total. The topological polar surface area (TPSA) is 87.1 Å². The summed E-state index contributed by atoms with van der Waals surface area (Å²) in [6.07, 6.45) is 0.333. The summed E-state index contributed by atoms with van der Waals surface area (Å²) in [7, 11) is 0. The first-order valence-corrected chi connectivity index (χ1v) is 7.66. The first-order chi connectivity index (χ1) is 9.81. The van der Waals surface area contributed by atoms with Gasteiger partial charge < -0.3 is 19.8 Å². The highest BCUT2D eigenvalue weighted by atomic mass is 32.1. The van der Waals surface area contributed by atoms with Gasteiger partial charge in [0.1, 0.15) is 22.3 Å². The molecule has 1 aromatic heterocycles. The van der Waals surface area contributed by atoms with Gasteiger partial charge in [-0.25, -0.2) is 4.79 Å². The summed E-state index contributed by atoms with van der Waals surface area (Å²) >= 11 is 1.07. The average molecular weight is 311 g/mol. The molecule has 1 fully saturated rings. The minimum atomic E-state index is -1.03. The van der Waals surface area contributed by atoms with Crippen molar-refractivity contribution in [3.8, 4) is 5.75 Å². The van der Waals surface area contributed by atoms with E-state index in [1.54, 1.807) is 18.7 Å². The van der Waals surface area contributed by atoms with Crippen LogP contribution in [-0.2, 0) is 4.79 Å². The minimum absolute atomic E-state index is 0.00650. The Labute approximate surface area is 125 Å². The first-order valence-electron chi connectivity index (χ1n) is 6.85. The van der Waals surface area contributed by atoms with Crippen LogP contribution < -0.4 is 4.74 Å². The van der Waals surface area contributed by atoms with Gasteiger partial charge in [0, 0.05) is 19.0 Å². The van der Waals surface area contributed by atoms with Crippen molar-refractivity contribution in [1.29, 1.82) is 0 Å². The van der Waals surface area contributed by atoms with E-state index in [1.165, 1.54) is 6.07 Å². The average Bonchev–Trinajstić information content (AvgIpc) is 2.97. The molecule has 0 saturated carbocycles. The minimum Gasteiger partial charge on any atom is -0.484 e. The molecule has 0 bridgehead atoms. The van der Waals surface area contributed by atoms with E-state index in [4.69, 9.17) is 9.84 Å². The van der Waals surface area contributed by atoms with Crippen LogP contribution in [0.4, 0.5) is 0 Å². The van der Waals surface area contributed by atoms with Gasteiger partial charge in [0.2, 0.25) is 5.91 Å². The number of nitrogens with zero attached hydrogens (tertiary/aromatic N) is 1. The zero-order valence-electron chi connectivity index (χ0n) is 11.8. The lowest BCUT2D eigenvalue weighted by Gasteiger charge is -2.43. The van der Waals surface area contributed by atoms with Gasteiger partial charge in [0.25, 0.3) is 0 Å². The van der Waals surface area contributed by atoms with E-state index >= 15 is 0 Å². The van der Waals surface area contributed by atoms with E-state index < -0.39 is 23.7 Å². The number of hydrogen-bond acceptors (Lipinski definition) is 5. The molecular weight excluding hydrogens is 294 g/mol. The van der Waals surface area contributed by atoms with Crippen molar-refractivity contribution in [3.63, 3.8) is 0 Å². The zero-order valence-corrected chi connectivity index (χ0v) is 12.6. The number of thiophene rings is 1. The Balaban J connectivity index is 2.09. The van der Waals surface area contributed by atoms with E-state index in [9.17, 15) is 14.7 Å². The summed E-state index contributed by atoms with van der Waals surface area (Å²) in [5.74, 6) is -0.581. The number of fused-ring (bicyclic) bond motifs is 1. The summed E-state index contributed by atoms with van der Waals surface area (Å²) in [6, 6.07) is 0.945. The third-order valence-electron chi connectivity index (χ3n) is 4.03. The third-order valence-corrected chi connectivity index (χ3v) is 5.21. The van der Waals surface area contributed by atoms with Crippen LogP contribution in [0.2, 0.25) is 0 Å². The van der Waals surface area contributed by atoms with Crippen LogP contribution in [0.5, 0.6) is 5.75 Å². The molecule has 0 aromatic carbocycles. The lowest BCUT2D eigenvalue weighted by Crippen LogP contribution is -2.53. The second-order valence-electron chi connectivity index (χ2n) is 5.93. The predicted octanol–water partition coefficient (Wildman–Crippen LogP) is 1.64.